The third-order valence-electron chi connectivity index (χ3n) is 7.37. The lowest BCUT2D eigenvalue weighted by molar-refractivity contribution is -0.128. The number of nitrogens with one attached hydrogen (secondary N) is 2. The normalized spacial score (nSPS) is 19.2. The second kappa shape index (κ2) is 8.58. The van der Waals surface area contributed by atoms with Crippen molar-refractivity contribution >= 4 is 22.7 Å². The number of rotatable bonds is 6. The molecule has 3 atom stereocenters. The molecule has 0 radical (unpaired) electrons. The predicted molar refractivity (Wildman–Crippen MR) is 128 cm³/mol. The summed E-state index contributed by atoms with van der Waals surface area (Å²) in [5.41, 5.74) is 5.10. The second-order valence-electron chi connectivity index (χ2n) is 9.30. The second-order valence-corrected chi connectivity index (χ2v) is 9.30. The predicted octanol–water partition coefficient (Wildman–Crippen LogP) is 4.74. The molecule has 0 spiro atoms. The summed E-state index contributed by atoms with van der Waals surface area (Å²) >= 11 is 0. The molecule has 0 unspecified atom stereocenters. The number of carbonyl (C=O) groups is 2. The van der Waals surface area contributed by atoms with E-state index < -0.39 is 6.04 Å². The molecule has 0 saturated carbocycles. The molecule has 1 aromatic heterocycles. The lowest BCUT2D eigenvalue weighted by Gasteiger charge is -2.33. The van der Waals surface area contributed by atoms with Crippen molar-refractivity contribution in [3.63, 3.8) is 0 Å². The Bertz CT molecular complexity index is 1210. The number of hydrogen-bond donors (Lipinski definition) is 2. The first kappa shape index (κ1) is 21.6. The van der Waals surface area contributed by atoms with Crippen LogP contribution in [-0.2, 0) is 17.8 Å². The number of fused-ring (bicyclic) bond motifs is 4. The summed E-state index contributed by atoms with van der Waals surface area (Å²) in [6.07, 6.45) is 3.68. The summed E-state index contributed by atoms with van der Waals surface area (Å²) in [4.78, 5) is 32.1. The number of aromatic nitrogens is 1. The molecule has 3 aromatic rings. The highest BCUT2D eigenvalue weighted by Crippen LogP contribution is 2.37. The number of aromatic amines is 1. The maximum Gasteiger partial charge on any atom is 0.255 e. The van der Waals surface area contributed by atoms with Gasteiger partial charge in [-0.2, -0.15) is 0 Å². The van der Waals surface area contributed by atoms with E-state index in [1.807, 2.05) is 36.4 Å². The van der Waals surface area contributed by atoms with E-state index in [2.05, 4.69) is 30.2 Å². The zero-order chi connectivity index (χ0) is 23.1. The van der Waals surface area contributed by atoms with Gasteiger partial charge in [0.25, 0.3) is 5.91 Å². The van der Waals surface area contributed by atoms with Crippen LogP contribution in [0.5, 0.6) is 5.75 Å². The minimum atomic E-state index is -0.496. The molecule has 33 heavy (non-hydrogen) atoms. The summed E-state index contributed by atoms with van der Waals surface area (Å²) in [6, 6.07) is 13.1. The summed E-state index contributed by atoms with van der Waals surface area (Å²) in [5, 5.41) is 4.47. The fraction of sp³-hybridized carbons (Fsp3) is 0.407. The zero-order valence-corrected chi connectivity index (χ0v) is 19.5. The quantitative estimate of drug-likeness (QED) is 0.575. The molecule has 1 aliphatic carbocycles. The van der Waals surface area contributed by atoms with Crippen LogP contribution in [-0.4, -0.2) is 34.8 Å². The first-order valence-electron chi connectivity index (χ1n) is 11.9. The third kappa shape index (κ3) is 3.67. The number of hydrogen-bond acceptors (Lipinski definition) is 3. The number of amides is 2. The van der Waals surface area contributed by atoms with Crippen molar-refractivity contribution < 1.29 is 14.3 Å². The highest BCUT2D eigenvalue weighted by Gasteiger charge is 2.40. The van der Waals surface area contributed by atoms with Crippen LogP contribution in [0.25, 0.3) is 10.9 Å². The molecule has 0 saturated heterocycles. The Labute approximate surface area is 194 Å². The summed E-state index contributed by atoms with van der Waals surface area (Å²) in [5.74, 6) is 0.769. The standard InChI is InChI=1S/C27H31N3O3/c1-4-16(2)25(30-15-17-8-5-6-9-19(17)27(30)32)26(31)29-23-11-7-10-20-21-14-18(33-3)12-13-22(21)28-24(20)23/h5-6,8-9,12-14,16,23,25,28H,4,7,10-11,15H2,1-3H3,(H,29,31)/t16-,23-,25-/m0/s1. The van der Waals surface area contributed by atoms with Gasteiger partial charge in [0.15, 0.2) is 0 Å². The van der Waals surface area contributed by atoms with Crippen LogP contribution in [0.2, 0.25) is 0 Å². The lowest BCUT2D eigenvalue weighted by Crippen LogP contribution is -2.51. The van der Waals surface area contributed by atoms with E-state index in [9.17, 15) is 9.59 Å². The molecule has 2 amide bonds. The van der Waals surface area contributed by atoms with Gasteiger partial charge in [0.2, 0.25) is 5.91 Å². The molecule has 2 aromatic carbocycles. The number of methoxy groups -OCH3 is 1. The summed E-state index contributed by atoms with van der Waals surface area (Å²) in [7, 11) is 1.68. The Morgan fingerprint density at radius 2 is 2.09 bits per heavy atom. The molecular weight excluding hydrogens is 414 g/mol. The minimum absolute atomic E-state index is 0.0481. The number of benzene rings is 2. The van der Waals surface area contributed by atoms with Crippen LogP contribution in [0, 0.1) is 5.92 Å². The molecule has 2 N–H and O–H groups in total. The summed E-state index contributed by atoms with van der Waals surface area (Å²) < 4.78 is 5.42. The first-order chi connectivity index (χ1) is 16.0. The van der Waals surface area contributed by atoms with Crippen molar-refractivity contribution in [3.8, 4) is 5.75 Å². The highest BCUT2D eigenvalue weighted by molar-refractivity contribution is 6.01. The van der Waals surface area contributed by atoms with Gasteiger partial charge in [-0.15, -0.1) is 0 Å². The van der Waals surface area contributed by atoms with E-state index in [0.29, 0.717) is 12.1 Å². The van der Waals surface area contributed by atoms with Crippen molar-refractivity contribution in [2.24, 2.45) is 5.92 Å². The largest absolute Gasteiger partial charge is 0.497 e. The number of ether oxygens (including phenoxy) is 1. The van der Waals surface area contributed by atoms with Crippen molar-refractivity contribution in [3.05, 3.63) is 64.8 Å². The molecule has 1 aliphatic heterocycles. The number of H-pyrrole nitrogens is 1. The average Bonchev–Trinajstić information content (AvgIpc) is 3.37. The Morgan fingerprint density at radius 3 is 2.85 bits per heavy atom. The van der Waals surface area contributed by atoms with Gasteiger partial charge in [0.05, 0.1) is 13.2 Å². The fourth-order valence-electron chi connectivity index (χ4n) is 5.40. The van der Waals surface area contributed by atoms with Gasteiger partial charge < -0.3 is 19.9 Å². The van der Waals surface area contributed by atoms with E-state index in [0.717, 1.165) is 53.6 Å². The number of carbonyl (C=O) groups excluding carboxylic acids is 2. The van der Waals surface area contributed by atoms with Gasteiger partial charge in [-0.05, 0) is 60.6 Å². The molecule has 2 aliphatic rings. The maximum atomic E-state index is 13.7. The number of nitrogens with zero attached hydrogens (tertiary/aromatic N) is 1. The van der Waals surface area contributed by atoms with Crippen LogP contribution in [0.1, 0.15) is 66.3 Å². The minimum Gasteiger partial charge on any atom is -0.497 e. The van der Waals surface area contributed by atoms with Crippen LogP contribution < -0.4 is 10.1 Å². The smallest absolute Gasteiger partial charge is 0.255 e. The van der Waals surface area contributed by atoms with E-state index >= 15 is 0 Å². The molecule has 5 rings (SSSR count). The molecule has 6 nitrogen and oxygen atoms in total. The van der Waals surface area contributed by atoms with Gasteiger partial charge in [-0.1, -0.05) is 38.5 Å². The van der Waals surface area contributed by atoms with Gasteiger partial charge in [0.1, 0.15) is 11.8 Å². The molecule has 6 heteroatoms. The summed E-state index contributed by atoms with van der Waals surface area (Å²) in [6.45, 7) is 4.62. The van der Waals surface area contributed by atoms with Crippen molar-refractivity contribution in [2.75, 3.05) is 7.11 Å². The number of aryl methyl sites for hydroxylation is 1. The lowest BCUT2D eigenvalue weighted by atomic mass is 9.90. The highest BCUT2D eigenvalue weighted by atomic mass is 16.5. The fourth-order valence-corrected chi connectivity index (χ4v) is 5.40. The molecule has 0 fully saturated rings. The SMILES string of the molecule is CC[C@H](C)[C@@H](C(=O)N[C@H]1CCCc2c1[nH]c1ccc(OC)cc21)N1Cc2ccccc2C1=O. The van der Waals surface area contributed by atoms with E-state index in [-0.39, 0.29) is 23.8 Å². The molecule has 172 valence electrons. The van der Waals surface area contributed by atoms with Crippen molar-refractivity contribution in [2.45, 2.75) is 58.2 Å². The van der Waals surface area contributed by atoms with E-state index in [4.69, 9.17) is 4.74 Å². The van der Waals surface area contributed by atoms with Crippen LogP contribution >= 0.6 is 0 Å². The average molecular weight is 446 g/mol. The Hall–Kier alpha value is -3.28. The Morgan fingerprint density at radius 1 is 1.27 bits per heavy atom. The topological polar surface area (TPSA) is 74.4 Å². The first-order valence-corrected chi connectivity index (χ1v) is 11.9. The van der Waals surface area contributed by atoms with Gasteiger partial charge in [-0.25, -0.2) is 0 Å². The van der Waals surface area contributed by atoms with Crippen molar-refractivity contribution in [1.29, 1.82) is 0 Å². The van der Waals surface area contributed by atoms with Gasteiger partial charge >= 0.3 is 0 Å². The monoisotopic (exact) mass is 445 g/mol. The zero-order valence-electron chi connectivity index (χ0n) is 19.5. The van der Waals surface area contributed by atoms with Crippen LogP contribution in [0.3, 0.4) is 0 Å². The van der Waals surface area contributed by atoms with Gasteiger partial charge in [-0.3, -0.25) is 9.59 Å². The Kier molecular flexibility index (Phi) is 5.60. The van der Waals surface area contributed by atoms with E-state index in [1.165, 1.54) is 5.56 Å². The maximum absolute atomic E-state index is 13.7. The van der Waals surface area contributed by atoms with Crippen molar-refractivity contribution in [1.82, 2.24) is 15.2 Å². The van der Waals surface area contributed by atoms with Crippen LogP contribution in [0.15, 0.2) is 42.5 Å². The third-order valence-corrected chi connectivity index (χ3v) is 7.37. The van der Waals surface area contributed by atoms with Crippen LogP contribution in [0.4, 0.5) is 0 Å². The van der Waals surface area contributed by atoms with E-state index in [1.54, 1.807) is 12.0 Å². The molecular formula is C27H31N3O3. The van der Waals surface area contributed by atoms with Gasteiger partial charge in [0, 0.05) is 28.7 Å². The molecule has 2 heterocycles. The Balaban J connectivity index is 1.43. The molecule has 0 bridgehead atoms.